The van der Waals surface area contributed by atoms with Gasteiger partial charge >= 0.3 is 0 Å². The topological polar surface area (TPSA) is 29.5 Å². The van der Waals surface area contributed by atoms with Crippen LogP contribution in [-0.4, -0.2) is 12.2 Å². The van der Waals surface area contributed by atoms with Gasteiger partial charge in [0.05, 0.1) is 7.11 Å². The molecule has 2 nitrogen and oxygen atoms in total. The molecule has 0 spiro atoms. The molecule has 2 aromatic rings. The van der Waals surface area contributed by atoms with Gasteiger partial charge in [0.15, 0.2) is 0 Å². The lowest BCUT2D eigenvalue weighted by Gasteiger charge is -2.19. The fraction of sp³-hybridized carbons (Fsp3) is 0.250. The van der Waals surface area contributed by atoms with E-state index >= 15 is 0 Å². The maximum absolute atomic E-state index is 10.7. The first-order chi connectivity index (χ1) is 9.45. The molecule has 0 aliphatic carbocycles. The molecule has 2 rings (SSSR count). The molecule has 0 radical (unpaired) electrons. The normalized spacial score (nSPS) is 12.3. The number of aliphatic hydroxyl groups is 1. The van der Waals surface area contributed by atoms with Gasteiger partial charge in [-0.2, -0.15) is 0 Å². The number of hydrogen-bond donors (Lipinski definition) is 1. The van der Waals surface area contributed by atoms with Crippen LogP contribution in [0.1, 0.15) is 28.4 Å². The number of aliphatic hydroxyl groups excluding tert-OH is 1. The molecule has 1 unspecified atom stereocenters. The van der Waals surface area contributed by atoms with E-state index in [4.69, 9.17) is 4.74 Å². The van der Waals surface area contributed by atoms with Crippen molar-refractivity contribution < 1.29 is 9.84 Å². The molecule has 1 atom stereocenters. The summed E-state index contributed by atoms with van der Waals surface area (Å²) in [4.78, 5) is 0. The molecule has 20 heavy (non-hydrogen) atoms. The molecular formula is C16H16Br2O2. The molecule has 1 N–H and O–H groups in total. The predicted molar refractivity (Wildman–Crippen MR) is 88.4 cm³/mol. The van der Waals surface area contributed by atoms with Gasteiger partial charge in [-0.15, -0.1) is 0 Å². The van der Waals surface area contributed by atoms with Crippen molar-refractivity contribution in [2.45, 2.75) is 20.0 Å². The Balaban J connectivity index is 2.55. The number of benzene rings is 2. The summed E-state index contributed by atoms with van der Waals surface area (Å²) in [6.45, 7) is 3.98. The van der Waals surface area contributed by atoms with Crippen LogP contribution in [0.15, 0.2) is 39.3 Å². The highest BCUT2D eigenvalue weighted by Gasteiger charge is 2.19. The molecule has 2 aromatic carbocycles. The van der Waals surface area contributed by atoms with Crippen LogP contribution in [0, 0.1) is 13.8 Å². The maximum atomic E-state index is 10.7. The Hall–Kier alpha value is -0.840. The zero-order valence-electron chi connectivity index (χ0n) is 11.6. The van der Waals surface area contributed by atoms with Crippen LogP contribution < -0.4 is 4.74 Å². The number of ether oxygens (including phenoxy) is 1. The van der Waals surface area contributed by atoms with Crippen LogP contribution in [0.3, 0.4) is 0 Å². The molecule has 0 saturated carbocycles. The second kappa shape index (κ2) is 6.29. The van der Waals surface area contributed by atoms with Gasteiger partial charge in [0.1, 0.15) is 11.9 Å². The number of hydrogen-bond acceptors (Lipinski definition) is 2. The third-order valence-corrected chi connectivity index (χ3v) is 5.12. The van der Waals surface area contributed by atoms with E-state index < -0.39 is 6.10 Å². The summed E-state index contributed by atoms with van der Waals surface area (Å²) in [6.07, 6.45) is -0.723. The first kappa shape index (κ1) is 15.5. The van der Waals surface area contributed by atoms with Gasteiger partial charge in [-0.25, -0.2) is 0 Å². The summed E-state index contributed by atoms with van der Waals surface area (Å²) < 4.78 is 7.35. The molecule has 4 heteroatoms. The standard InChI is InChI=1S/C16H16Br2O2/c1-9-7-15(20-3)12(8-14(9)18)16(19)11-5-4-6-13(17)10(11)2/h4-8,16,19H,1-3H3. The quantitative estimate of drug-likeness (QED) is 0.793. The van der Waals surface area contributed by atoms with Gasteiger partial charge in [-0.05, 0) is 48.7 Å². The van der Waals surface area contributed by atoms with Crippen molar-refractivity contribution in [2.24, 2.45) is 0 Å². The van der Waals surface area contributed by atoms with E-state index in [9.17, 15) is 5.11 Å². The summed E-state index contributed by atoms with van der Waals surface area (Å²) in [5.41, 5.74) is 3.72. The van der Waals surface area contributed by atoms with E-state index in [0.717, 1.165) is 31.2 Å². The highest BCUT2D eigenvalue weighted by atomic mass is 79.9. The van der Waals surface area contributed by atoms with Gasteiger partial charge < -0.3 is 9.84 Å². The van der Waals surface area contributed by atoms with Crippen molar-refractivity contribution in [3.63, 3.8) is 0 Å². The number of aryl methyl sites for hydroxylation is 1. The molecule has 0 bridgehead atoms. The van der Waals surface area contributed by atoms with Gasteiger partial charge in [-0.1, -0.05) is 44.0 Å². The summed E-state index contributed by atoms with van der Waals surface area (Å²) in [5.74, 6) is 0.692. The molecule has 0 heterocycles. The summed E-state index contributed by atoms with van der Waals surface area (Å²) in [5, 5.41) is 10.7. The van der Waals surface area contributed by atoms with E-state index in [1.165, 1.54) is 0 Å². The van der Waals surface area contributed by atoms with Gasteiger partial charge in [-0.3, -0.25) is 0 Å². The van der Waals surface area contributed by atoms with Crippen molar-refractivity contribution in [1.82, 2.24) is 0 Å². The monoisotopic (exact) mass is 398 g/mol. The Kier molecular flexibility index (Phi) is 4.89. The van der Waals surface area contributed by atoms with Gasteiger partial charge in [0.25, 0.3) is 0 Å². The minimum Gasteiger partial charge on any atom is -0.496 e. The van der Waals surface area contributed by atoms with Crippen molar-refractivity contribution in [2.75, 3.05) is 7.11 Å². The second-order valence-corrected chi connectivity index (χ2v) is 6.41. The molecule has 0 aliphatic heterocycles. The number of rotatable bonds is 3. The van der Waals surface area contributed by atoms with E-state index in [0.29, 0.717) is 5.75 Å². The minimum absolute atomic E-state index is 0.692. The molecule has 106 valence electrons. The van der Waals surface area contributed by atoms with Crippen LogP contribution in [0.4, 0.5) is 0 Å². The van der Waals surface area contributed by atoms with Crippen molar-refractivity contribution in [3.8, 4) is 5.75 Å². The Morgan fingerprint density at radius 1 is 1.05 bits per heavy atom. The lowest BCUT2D eigenvalue weighted by atomic mass is 9.96. The predicted octanol–water partition coefficient (Wildman–Crippen LogP) is 4.92. The third-order valence-electron chi connectivity index (χ3n) is 3.41. The maximum Gasteiger partial charge on any atom is 0.125 e. The van der Waals surface area contributed by atoms with Crippen molar-refractivity contribution >= 4 is 31.9 Å². The third kappa shape index (κ3) is 2.92. The Labute approximate surface area is 136 Å². The first-order valence-corrected chi connectivity index (χ1v) is 7.81. The Bertz CT molecular complexity index is 639. The highest BCUT2D eigenvalue weighted by Crippen LogP contribution is 2.36. The summed E-state index contributed by atoms with van der Waals surface area (Å²) in [6, 6.07) is 9.66. The van der Waals surface area contributed by atoms with Crippen LogP contribution in [0.2, 0.25) is 0 Å². The lowest BCUT2D eigenvalue weighted by molar-refractivity contribution is 0.214. The molecule has 0 aromatic heterocycles. The summed E-state index contributed by atoms with van der Waals surface area (Å²) >= 11 is 7.00. The van der Waals surface area contributed by atoms with E-state index in [1.807, 2.05) is 44.2 Å². The van der Waals surface area contributed by atoms with Crippen LogP contribution in [0.25, 0.3) is 0 Å². The van der Waals surface area contributed by atoms with Crippen LogP contribution in [0.5, 0.6) is 5.75 Å². The first-order valence-electron chi connectivity index (χ1n) is 6.22. The van der Waals surface area contributed by atoms with Crippen molar-refractivity contribution in [3.05, 3.63) is 61.5 Å². The zero-order chi connectivity index (χ0) is 14.9. The van der Waals surface area contributed by atoms with E-state index in [2.05, 4.69) is 31.9 Å². The molecule has 0 fully saturated rings. The average Bonchev–Trinajstić information content (AvgIpc) is 2.43. The highest BCUT2D eigenvalue weighted by molar-refractivity contribution is 9.10. The Morgan fingerprint density at radius 2 is 1.75 bits per heavy atom. The molecule has 0 saturated heterocycles. The van der Waals surface area contributed by atoms with Gasteiger partial charge in [0.2, 0.25) is 0 Å². The molecular weight excluding hydrogens is 384 g/mol. The zero-order valence-corrected chi connectivity index (χ0v) is 14.7. The van der Waals surface area contributed by atoms with Crippen molar-refractivity contribution in [1.29, 1.82) is 0 Å². The smallest absolute Gasteiger partial charge is 0.125 e. The number of methoxy groups -OCH3 is 1. The lowest BCUT2D eigenvalue weighted by Crippen LogP contribution is -2.05. The number of halogens is 2. The fourth-order valence-electron chi connectivity index (χ4n) is 2.15. The summed E-state index contributed by atoms with van der Waals surface area (Å²) in [7, 11) is 1.62. The average molecular weight is 400 g/mol. The Morgan fingerprint density at radius 3 is 2.40 bits per heavy atom. The van der Waals surface area contributed by atoms with E-state index in [1.54, 1.807) is 7.11 Å². The SMILES string of the molecule is COc1cc(C)c(Br)cc1C(O)c1cccc(Br)c1C. The molecule has 0 aliphatic rings. The minimum atomic E-state index is -0.723. The largest absolute Gasteiger partial charge is 0.496 e. The van der Waals surface area contributed by atoms with E-state index in [-0.39, 0.29) is 0 Å². The molecule has 0 amide bonds. The second-order valence-electron chi connectivity index (χ2n) is 4.70. The van der Waals surface area contributed by atoms with Crippen LogP contribution in [-0.2, 0) is 0 Å². The van der Waals surface area contributed by atoms with Gasteiger partial charge in [0, 0.05) is 14.5 Å². The fourth-order valence-corrected chi connectivity index (χ4v) is 2.89. The van der Waals surface area contributed by atoms with Crippen LogP contribution >= 0.6 is 31.9 Å².